The third-order valence-electron chi connectivity index (χ3n) is 2.62. The summed E-state index contributed by atoms with van der Waals surface area (Å²) >= 11 is 5.00. The molecule has 0 aliphatic heterocycles. The summed E-state index contributed by atoms with van der Waals surface area (Å²) < 4.78 is 1.41. The summed E-state index contributed by atoms with van der Waals surface area (Å²) in [5.41, 5.74) is 0.749. The van der Waals surface area contributed by atoms with Gasteiger partial charge in [-0.2, -0.15) is 0 Å². The first kappa shape index (κ1) is 16.5. The minimum Gasteiger partial charge on any atom is -0.506 e. The van der Waals surface area contributed by atoms with Crippen LogP contribution in [-0.4, -0.2) is 22.1 Å². The molecular weight excluding hydrogens is 520 g/mol. The highest BCUT2D eigenvalue weighted by Crippen LogP contribution is 2.30. The van der Waals surface area contributed by atoms with Gasteiger partial charge in [-0.3, -0.25) is 4.79 Å². The highest BCUT2D eigenvalue weighted by molar-refractivity contribution is 14.1. The van der Waals surface area contributed by atoms with Crippen LogP contribution in [0.2, 0.25) is 0 Å². The van der Waals surface area contributed by atoms with E-state index in [4.69, 9.17) is 5.11 Å². The molecule has 1 aromatic heterocycles. The van der Waals surface area contributed by atoms with Crippen LogP contribution in [-0.2, 0) is 0 Å². The number of carbonyl (C=O) groups excluding carboxylic acids is 1. The standard InChI is InChI=1S/C13H9I2NO4S/c1-5-2-9(21-11(5)13(19)20)16-12(18)7-3-6(14)4-8(15)10(7)17/h2-4,17H,1H3,(H,16,18)(H,19,20). The molecule has 1 amide bonds. The minimum atomic E-state index is -1.02. The molecule has 0 aliphatic carbocycles. The number of benzene rings is 1. The van der Waals surface area contributed by atoms with Crippen LogP contribution in [0.25, 0.3) is 0 Å². The van der Waals surface area contributed by atoms with Gasteiger partial charge in [0.15, 0.2) is 0 Å². The zero-order chi connectivity index (χ0) is 15.7. The lowest BCUT2D eigenvalue weighted by atomic mass is 10.2. The number of thiophene rings is 1. The van der Waals surface area contributed by atoms with E-state index in [9.17, 15) is 14.7 Å². The quantitative estimate of drug-likeness (QED) is 0.527. The number of carboxylic acids is 1. The zero-order valence-electron chi connectivity index (χ0n) is 10.6. The van der Waals surface area contributed by atoms with Gasteiger partial charge in [-0.1, -0.05) is 0 Å². The lowest BCUT2D eigenvalue weighted by Gasteiger charge is -2.07. The second kappa shape index (κ2) is 6.48. The van der Waals surface area contributed by atoms with Crippen molar-refractivity contribution in [2.24, 2.45) is 0 Å². The van der Waals surface area contributed by atoms with Gasteiger partial charge in [0.1, 0.15) is 10.6 Å². The van der Waals surface area contributed by atoms with E-state index in [1.54, 1.807) is 25.1 Å². The molecule has 0 atom stereocenters. The molecule has 0 unspecified atom stereocenters. The Morgan fingerprint density at radius 3 is 2.48 bits per heavy atom. The largest absolute Gasteiger partial charge is 0.506 e. The van der Waals surface area contributed by atoms with E-state index in [2.05, 4.69) is 27.9 Å². The second-order valence-electron chi connectivity index (χ2n) is 4.17. The van der Waals surface area contributed by atoms with Gasteiger partial charge in [-0.25, -0.2) is 4.79 Å². The van der Waals surface area contributed by atoms with Crippen molar-refractivity contribution in [3.05, 3.63) is 41.3 Å². The van der Waals surface area contributed by atoms with Crippen LogP contribution in [0.5, 0.6) is 5.75 Å². The Morgan fingerprint density at radius 1 is 1.24 bits per heavy atom. The molecule has 0 fully saturated rings. The van der Waals surface area contributed by atoms with Crippen molar-refractivity contribution in [1.82, 2.24) is 0 Å². The summed E-state index contributed by atoms with van der Waals surface area (Å²) in [6.45, 7) is 1.67. The topological polar surface area (TPSA) is 86.6 Å². The van der Waals surface area contributed by atoms with Crippen molar-refractivity contribution in [2.75, 3.05) is 5.32 Å². The number of aromatic hydroxyl groups is 1. The fraction of sp³-hybridized carbons (Fsp3) is 0.0769. The number of nitrogens with one attached hydrogen (secondary N) is 1. The average Bonchev–Trinajstić information content (AvgIpc) is 2.74. The smallest absolute Gasteiger partial charge is 0.346 e. The Bertz CT molecular complexity index is 742. The third kappa shape index (κ3) is 3.66. The van der Waals surface area contributed by atoms with Gasteiger partial charge in [-0.15, -0.1) is 11.3 Å². The number of phenolic OH excluding ortho intramolecular Hbond substituents is 1. The number of amides is 1. The molecule has 0 radical (unpaired) electrons. The lowest BCUT2D eigenvalue weighted by molar-refractivity contribution is 0.0701. The number of carboxylic acid groups (broad SMARTS) is 1. The van der Waals surface area contributed by atoms with E-state index >= 15 is 0 Å². The number of aromatic carboxylic acids is 1. The number of hydrogen-bond donors (Lipinski definition) is 3. The Kier molecular flexibility index (Phi) is 5.09. The molecule has 0 aliphatic rings. The highest BCUT2D eigenvalue weighted by atomic mass is 127. The summed E-state index contributed by atoms with van der Waals surface area (Å²) in [5, 5.41) is 22.0. The summed E-state index contributed by atoms with van der Waals surface area (Å²) in [4.78, 5) is 23.4. The minimum absolute atomic E-state index is 0.0831. The molecule has 1 heterocycles. The number of rotatable bonds is 3. The monoisotopic (exact) mass is 529 g/mol. The number of aryl methyl sites for hydroxylation is 1. The highest BCUT2D eigenvalue weighted by Gasteiger charge is 2.18. The maximum Gasteiger partial charge on any atom is 0.346 e. The first-order valence-corrected chi connectivity index (χ1v) is 8.60. The van der Waals surface area contributed by atoms with Crippen LogP contribution < -0.4 is 5.32 Å². The van der Waals surface area contributed by atoms with Crippen molar-refractivity contribution in [3.8, 4) is 5.75 Å². The van der Waals surface area contributed by atoms with Gasteiger partial charge in [0, 0.05) is 3.57 Å². The number of phenols is 1. The first-order chi connectivity index (χ1) is 9.79. The van der Waals surface area contributed by atoms with Crippen LogP contribution in [0, 0.1) is 14.1 Å². The molecule has 5 nitrogen and oxygen atoms in total. The summed E-state index contributed by atoms with van der Waals surface area (Å²) in [6, 6.07) is 4.93. The van der Waals surface area contributed by atoms with Crippen molar-refractivity contribution in [1.29, 1.82) is 0 Å². The van der Waals surface area contributed by atoms with Gasteiger partial charge in [0.05, 0.1) is 14.1 Å². The molecule has 0 spiro atoms. The first-order valence-electron chi connectivity index (χ1n) is 5.62. The molecule has 0 saturated carbocycles. The van der Waals surface area contributed by atoms with Gasteiger partial charge in [0.25, 0.3) is 5.91 Å². The molecular formula is C13H9I2NO4S. The fourth-order valence-electron chi connectivity index (χ4n) is 1.67. The van der Waals surface area contributed by atoms with E-state index in [0.29, 0.717) is 14.1 Å². The second-order valence-corrected chi connectivity index (χ2v) is 7.63. The lowest BCUT2D eigenvalue weighted by Crippen LogP contribution is -2.11. The van der Waals surface area contributed by atoms with Crippen LogP contribution in [0.4, 0.5) is 5.00 Å². The molecule has 3 N–H and O–H groups in total. The van der Waals surface area contributed by atoms with E-state index in [1.165, 1.54) is 0 Å². The van der Waals surface area contributed by atoms with Gasteiger partial charge < -0.3 is 15.5 Å². The Morgan fingerprint density at radius 2 is 1.90 bits per heavy atom. The molecule has 21 heavy (non-hydrogen) atoms. The van der Waals surface area contributed by atoms with Crippen molar-refractivity contribution in [3.63, 3.8) is 0 Å². The number of hydrogen-bond acceptors (Lipinski definition) is 4. The van der Waals surface area contributed by atoms with Crippen LogP contribution >= 0.6 is 56.5 Å². The van der Waals surface area contributed by atoms with E-state index < -0.39 is 11.9 Å². The predicted octanol–water partition coefficient (Wildman–Crippen LogP) is 3.92. The maximum atomic E-state index is 12.2. The van der Waals surface area contributed by atoms with Crippen molar-refractivity contribution < 1.29 is 19.8 Å². The van der Waals surface area contributed by atoms with E-state index in [-0.39, 0.29) is 16.2 Å². The van der Waals surface area contributed by atoms with Gasteiger partial charge >= 0.3 is 5.97 Å². The van der Waals surface area contributed by atoms with Crippen molar-refractivity contribution in [2.45, 2.75) is 6.92 Å². The molecule has 0 bridgehead atoms. The van der Waals surface area contributed by atoms with Crippen LogP contribution in [0.15, 0.2) is 18.2 Å². The molecule has 8 heteroatoms. The van der Waals surface area contributed by atoms with Gasteiger partial charge in [-0.05, 0) is 75.9 Å². The van der Waals surface area contributed by atoms with E-state index in [0.717, 1.165) is 14.9 Å². The van der Waals surface area contributed by atoms with Crippen LogP contribution in [0.3, 0.4) is 0 Å². The number of carbonyl (C=O) groups is 2. The van der Waals surface area contributed by atoms with Gasteiger partial charge in [0.2, 0.25) is 0 Å². The van der Waals surface area contributed by atoms with Crippen LogP contribution in [0.1, 0.15) is 25.6 Å². The third-order valence-corrected chi connectivity index (χ3v) is 5.21. The van der Waals surface area contributed by atoms with E-state index in [1.807, 2.05) is 22.6 Å². The number of halogens is 2. The molecule has 110 valence electrons. The molecule has 1 aromatic carbocycles. The molecule has 0 saturated heterocycles. The Labute approximate surface area is 151 Å². The Hall–Kier alpha value is -0.880. The number of anilines is 1. The summed E-state index contributed by atoms with van der Waals surface area (Å²) in [5.74, 6) is -1.58. The zero-order valence-corrected chi connectivity index (χ0v) is 15.7. The molecule has 2 rings (SSSR count). The predicted molar refractivity (Wildman–Crippen MR) is 97.5 cm³/mol. The van der Waals surface area contributed by atoms with Crippen molar-refractivity contribution >= 4 is 73.4 Å². The Balaban J connectivity index is 2.30. The SMILES string of the molecule is Cc1cc(NC(=O)c2cc(I)cc(I)c2O)sc1C(=O)O. The summed E-state index contributed by atoms with van der Waals surface area (Å²) in [7, 11) is 0. The normalized spacial score (nSPS) is 10.4. The fourth-order valence-corrected chi connectivity index (χ4v) is 4.43. The molecule has 2 aromatic rings. The summed E-state index contributed by atoms with van der Waals surface area (Å²) in [6.07, 6.45) is 0. The average molecular weight is 529 g/mol. The maximum absolute atomic E-state index is 12.2.